The van der Waals surface area contributed by atoms with Gasteiger partial charge in [0, 0.05) is 24.2 Å². The van der Waals surface area contributed by atoms with Crippen LogP contribution in [0.2, 0.25) is 0 Å². The molecular formula is C22H19FN6O2. The summed E-state index contributed by atoms with van der Waals surface area (Å²) in [5, 5.41) is 12.4. The smallest absolute Gasteiger partial charge is 0.280 e. The first-order valence-corrected chi connectivity index (χ1v) is 10.0. The first-order chi connectivity index (χ1) is 15.2. The molecule has 8 nitrogen and oxygen atoms in total. The van der Waals surface area contributed by atoms with E-state index in [1.165, 1.54) is 12.1 Å². The Balaban J connectivity index is 1.24. The Morgan fingerprint density at radius 2 is 1.87 bits per heavy atom. The van der Waals surface area contributed by atoms with Gasteiger partial charge in [0.15, 0.2) is 5.69 Å². The zero-order valence-electron chi connectivity index (χ0n) is 16.6. The molecule has 2 aromatic carbocycles. The van der Waals surface area contributed by atoms with Crippen molar-refractivity contribution in [3.63, 3.8) is 0 Å². The second-order valence-electron chi connectivity index (χ2n) is 7.41. The van der Waals surface area contributed by atoms with Gasteiger partial charge in [0.1, 0.15) is 5.82 Å². The number of halogens is 1. The maximum absolute atomic E-state index is 13.4. The van der Waals surface area contributed by atoms with Gasteiger partial charge in [-0.2, -0.15) is 4.98 Å². The van der Waals surface area contributed by atoms with Crippen LogP contribution in [0.5, 0.6) is 0 Å². The molecule has 0 spiro atoms. The maximum atomic E-state index is 13.4. The zero-order valence-corrected chi connectivity index (χ0v) is 16.6. The Morgan fingerprint density at radius 3 is 2.65 bits per heavy atom. The van der Waals surface area contributed by atoms with Gasteiger partial charge in [0.05, 0.1) is 12.2 Å². The topological polar surface area (TPSA) is 89.9 Å². The van der Waals surface area contributed by atoms with Gasteiger partial charge in [-0.05, 0) is 31.0 Å². The molecule has 3 heterocycles. The molecule has 9 heteroatoms. The average Bonchev–Trinajstić information content (AvgIpc) is 3.49. The number of nitrogens with zero attached hydrogens (tertiary/aromatic N) is 6. The average molecular weight is 418 g/mol. The minimum Gasteiger partial charge on any atom is -0.338 e. The molecule has 0 bridgehead atoms. The molecule has 0 radical (unpaired) electrons. The number of hydrogen-bond donors (Lipinski definition) is 0. The van der Waals surface area contributed by atoms with Crippen molar-refractivity contribution in [3.8, 4) is 23.0 Å². The number of benzene rings is 2. The quantitative estimate of drug-likeness (QED) is 0.503. The fraction of sp³-hybridized carbons (Fsp3) is 0.227. The summed E-state index contributed by atoms with van der Waals surface area (Å²) in [5.41, 5.74) is 1.74. The Morgan fingerprint density at radius 1 is 1.06 bits per heavy atom. The third-order valence-corrected chi connectivity index (χ3v) is 5.38. The van der Waals surface area contributed by atoms with E-state index in [2.05, 4.69) is 20.5 Å². The summed E-state index contributed by atoms with van der Waals surface area (Å²) < 4.78 is 20.5. The first-order valence-electron chi connectivity index (χ1n) is 10.0. The highest BCUT2D eigenvalue weighted by Crippen LogP contribution is 2.25. The Bertz CT molecular complexity index is 1200. The fourth-order valence-electron chi connectivity index (χ4n) is 3.72. The highest BCUT2D eigenvalue weighted by molar-refractivity contribution is 5.94. The van der Waals surface area contributed by atoms with Crippen LogP contribution in [0.25, 0.3) is 23.0 Å². The van der Waals surface area contributed by atoms with Crippen molar-refractivity contribution in [1.29, 1.82) is 0 Å². The highest BCUT2D eigenvalue weighted by Gasteiger charge is 2.26. The second kappa shape index (κ2) is 8.10. The van der Waals surface area contributed by atoms with Crippen LogP contribution in [0.15, 0.2) is 65.3 Å². The number of amides is 1. The number of carbonyl (C=O) groups excluding carboxylic acids is 1. The molecule has 156 valence electrons. The molecule has 31 heavy (non-hydrogen) atoms. The van der Waals surface area contributed by atoms with E-state index in [9.17, 15) is 9.18 Å². The summed E-state index contributed by atoms with van der Waals surface area (Å²) >= 11 is 0. The normalized spacial score (nSPS) is 14.7. The van der Waals surface area contributed by atoms with Crippen LogP contribution in [0.3, 0.4) is 0 Å². The number of carbonyl (C=O) groups is 1. The van der Waals surface area contributed by atoms with E-state index in [-0.39, 0.29) is 11.9 Å². The molecule has 0 unspecified atom stereocenters. The van der Waals surface area contributed by atoms with Gasteiger partial charge in [-0.25, -0.2) is 9.07 Å². The molecule has 0 atom stereocenters. The number of piperidine rings is 1. The molecule has 1 aliphatic heterocycles. The zero-order chi connectivity index (χ0) is 21.2. The lowest BCUT2D eigenvalue weighted by Gasteiger charge is -2.31. The van der Waals surface area contributed by atoms with E-state index in [1.807, 2.05) is 30.3 Å². The van der Waals surface area contributed by atoms with E-state index in [0.29, 0.717) is 36.1 Å². The molecule has 0 aliphatic carbocycles. The Kier molecular flexibility index (Phi) is 4.99. The van der Waals surface area contributed by atoms with Crippen molar-refractivity contribution in [2.75, 3.05) is 13.1 Å². The third kappa shape index (κ3) is 3.94. The molecule has 4 aromatic rings. The second-order valence-corrected chi connectivity index (χ2v) is 7.41. The number of rotatable bonds is 4. The van der Waals surface area contributed by atoms with Crippen molar-refractivity contribution in [2.24, 2.45) is 0 Å². The van der Waals surface area contributed by atoms with Crippen LogP contribution in [0.4, 0.5) is 4.39 Å². The maximum Gasteiger partial charge on any atom is 0.280 e. The lowest BCUT2D eigenvalue weighted by atomic mass is 10.0. The molecule has 1 amide bonds. The monoisotopic (exact) mass is 418 g/mol. The van der Waals surface area contributed by atoms with Crippen LogP contribution < -0.4 is 0 Å². The van der Waals surface area contributed by atoms with Gasteiger partial charge in [0.25, 0.3) is 11.8 Å². The lowest BCUT2D eigenvalue weighted by molar-refractivity contribution is 0.0688. The predicted molar refractivity (Wildman–Crippen MR) is 109 cm³/mol. The van der Waals surface area contributed by atoms with Crippen LogP contribution in [0, 0.1) is 5.82 Å². The fourth-order valence-corrected chi connectivity index (χ4v) is 3.72. The molecule has 5 rings (SSSR count). The summed E-state index contributed by atoms with van der Waals surface area (Å²) in [6.07, 6.45) is 3.24. The van der Waals surface area contributed by atoms with Gasteiger partial charge in [-0.1, -0.05) is 46.8 Å². The minimum atomic E-state index is -0.410. The summed E-state index contributed by atoms with van der Waals surface area (Å²) in [6, 6.07) is 15.4. The SMILES string of the molecule is O=C(c1cccc(F)c1)N1CCC(n2cc(-c3nc(-c4ccccc4)no3)nn2)CC1. The van der Waals surface area contributed by atoms with E-state index in [4.69, 9.17) is 4.52 Å². The van der Waals surface area contributed by atoms with E-state index < -0.39 is 5.82 Å². The molecule has 1 aliphatic rings. The highest BCUT2D eigenvalue weighted by atomic mass is 19.1. The largest absolute Gasteiger partial charge is 0.338 e. The van der Waals surface area contributed by atoms with E-state index >= 15 is 0 Å². The van der Waals surface area contributed by atoms with Crippen molar-refractivity contribution in [3.05, 3.63) is 72.2 Å². The van der Waals surface area contributed by atoms with E-state index in [0.717, 1.165) is 18.4 Å². The number of hydrogen-bond acceptors (Lipinski definition) is 6. The summed E-state index contributed by atoms with van der Waals surface area (Å²) in [4.78, 5) is 18.8. The summed E-state index contributed by atoms with van der Waals surface area (Å²) in [7, 11) is 0. The van der Waals surface area contributed by atoms with Crippen LogP contribution in [-0.4, -0.2) is 49.0 Å². The van der Waals surface area contributed by atoms with Gasteiger partial charge in [0.2, 0.25) is 5.82 Å². The molecule has 1 fully saturated rings. The lowest BCUT2D eigenvalue weighted by Crippen LogP contribution is -2.39. The van der Waals surface area contributed by atoms with Crippen LogP contribution in [-0.2, 0) is 0 Å². The molecule has 0 N–H and O–H groups in total. The summed E-state index contributed by atoms with van der Waals surface area (Å²) in [6.45, 7) is 1.13. The van der Waals surface area contributed by atoms with Gasteiger partial charge in [-0.3, -0.25) is 4.79 Å². The van der Waals surface area contributed by atoms with Crippen molar-refractivity contribution < 1.29 is 13.7 Å². The molecule has 1 saturated heterocycles. The van der Waals surface area contributed by atoms with Gasteiger partial charge >= 0.3 is 0 Å². The van der Waals surface area contributed by atoms with Gasteiger partial charge in [-0.15, -0.1) is 5.10 Å². The van der Waals surface area contributed by atoms with Crippen LogP contribution >= 0.6 is 0 Å². The first kappa shape index (κ1) is 19.1. The Labute approximate surface area is 177 Å². The number of likely N-dealkylation sites (tertiary alicyclic amines) is 1. The third-order valence-electron chi connectivity index (χ3n) is 5.38. The molecular weight excluding hydrogens is 399 g/mol. The standard InChI is InChI=1S/C22H19FN6O2/c23-17-8-4-7-16(13-17)22(30)28-11-9-18(10-12-28)29-14-19(25-27-29)21-24-20(26-31-21)15-5-2-1-3-6-15/h1-8,13-14,18H,9-12H2. The summed E-state index contributed by atoms with van der Waals surface area (Å²) in [5.74, 6) is 0.238. The van der Waals surface area contributed by atoms with E-state index in [1.54, 1.807) is 27.9 Å². The van der Waals surface area contributed by atoms with Crippen LogP contribution in [0.1, 0.15) is 29.2 Å². The van der Waals surface area contributed by atoms with Crippen molar-refractivity contribution in [2.45, 2.75) is 18.9 Å². The number of aromatic nitrogens is 5. The molecule has 0 saturated carbocycles. The van der Waals surface area contributed by atoms with Crippen molar-refractivity contribution in [1.82, 2.24) is 30.0 Å². The van der Waals surface area contributed by atoms with Gasteiger partial charge < -0.3 is 9.42 Å². The Hall–Kier alpha value is -3.88. The van der Waals surface area contributed by atoms with Crippen molar-refractivity contribution >= 4 is 5.91 Å². The molecule has 2 aromatic heterocycles. The predicted octanol–water partition coefficient (Wildman–Crippen LogP) is 3.61. The minimum absolute atomic E-state index is 0.106.